The minimum atomic E-state index is -0.639. The van der Waals surface area contributed by atoms with Crippen LogP contribution in [0.25, 0.3) is 11.0 Å². The van der Waals surface area contributed by atoms with E-state index in [1.165, 1.54) is 0 Å². The molecule has 0 atom stereocenters. The van der Waals surface area contributed by atoms with Crippen LogP contribution in [0.3, 0.4) is 0 Å². The second kappa shape index (κ2) is 6.96. The van der Waals surface area contributed by atoms with Gasteiger partial charge in [0.05, 0.1) is 6.61 Å². The summed E-state index contributed by atoms with van der Waals surface area (Å²) in [5, 5.41) is 0.716. The fourth-order valence-electron chi connectivity index (χ4n) is 2.92. The monoisotopic (exact) mass is 344 g/mol. The summed E-state index contributed by atoms with van der Waals surface area (Å²) >= 11 is 0. The second-order valence-corrected chi connectivity index (χ2v) is 5.92. The lowest BCUT2D eigenvalue weighted by atomic mass is 10.1. The van der Waals surface area contributed by atoms with Crippen molar-refractivity contribution in [1.29, 1.82) is 0 Å². The maximum Gasteiger partial charge on any atom is 0.409 e. The van der Waals surface area contributed by atoms with Crippen LogP contribution < -0.4 is 5.63 Å². The van der Waals surface area contributed by atoms with Crippen LogP contribution in [0.5, 0.6) is 0 Å². The number of hydrogen-bond donors (Lipinski definition) is 0. The van der Waals surface area contributed by atoms with Crippen LogP contribution in [0.15, 0.2) is 33.5 Å². The number of rotatable bonds is 2. The number of nitrogens with zero attached hydrogens (tertiary/aromatic N) is 2. The van der Waals surface area contributed by atoms with E-state index in [-0.39, 0.29) is 17.6 Å². The summed E-state index contributed by atoms with van der Waals surface area (Å²) in [6.45, 7) is 5.37. The van der Waals surface area contributed by atoms with Crippen molar-refractivity contribution >= 4 is 23.0 Å². The standard InChI is InChI=1S/C18H20N2O5/c1-3-24-18(23)20-9-7-19(8-10-20)16(21)14-11-13-6-4-5-12(2)15(13)25-17(14)22/h4-6,11H,3,7-10H2,1-2H3. The van der Waals surface area contributed by atoms with Gasteiger partial charge in [-0.25, -0.2) is 9.59 Å². The lowest BCUT2D eigenvalue weighted by Crippen LogP contribution is -2.51. The normalized spacial score (nSPS) is 14.6. The third-order valence-corrected chi connectivity index (χ3v) is 4.28. The Bertz CT molecular complexity index is 865. The van der Waals surface area contributed by atoms with Gasteiger partial charge in [0.15, 0.2) is 0 Å². The van der Waals surface area contributed by atoms with Crippen LogP contribution in [0.2, 0.25) is 0 Å². The van der Waals surface area contributed by atoms with Gasteiger partial charge in [-0.1, -0.05) is 18.2 Å². The van der Waals surface area contributed by atoms with Crippen molar-refractivity contribution in [2.75, 3.05) is 32.8 Å². The van der Waals surface area contributed by atoms with Gasteiger partial charge >= 0.3 is 11.7 Å². The molecule has 0 aliphatic carbocycles. The van der Waals surface area contributed by atoms with Crippen molar-refractivity contribution in [2.45, 2.75) is 13.8 Å². The fraction of sp³-hybridized carbons (Fsp3) is 0.389. The lowest BCUT2D eigenvalue weighted by molar-refractivity contribution is 0.0567. The van der Waals surface area contributed by atoms with Gasteiger partial charge in [0.2, 0.25) is 0 Å². The van der Waals surface area contributed by atoms with Gasteiger partial charge < -0.3 is 19.0 Å². The maximum absolute atomic E-state index is 12.7. The average Bonchev–Trinajstić information content (AvgIpc) is 2.62. The van der Waals surface area contributed by atoms with Crippen LogP contribution in [0, 0.1) is 6.92 Å². The van der Waals surface area contributed by atoms with E-state index in [1.807, 2.05) is 19.1 Å². The quantitative estimate of drug-likeness (QED) is 0.779. The summed E-state index contributed by atoms with van der Waals surface area (Å²) in [5.41, 5.74) is 0.718. The van der Waals surface area contributed by atoms with Gasteiger partial charge in [-0.2, -0.15) is 0 Å². The molecule has 0 radical (unpaired) electrons. The van der Waals surface area contributed by atoms with E-state index in [0.29, 0.717) is 43.8 Å². The molecule has 3 rings (SSSR count). The first-order chi connectivity index (χ1) is 12.0. The molecule has 1 aromatic heterocycles. The largest absolute Gasteiger partial charge is 0.450 e. The molecule has 2 aromatic rings. The first-order valence-corrected chi connectivity index (χ1v) is 8.25. The van der Waals surface area contributed by atoms with Crippen LogP contribution >= 0.6 is 0 Å². The fourth-order valence-corrected chi connectivity index (χ4v) is 2.92. The van der Waals surface area contributed by atoms with E-state index in [2.05, 4.69) is 0 Å². The molecule has 132 valence electrons. The predicted molar refractivity (Wildman–Crippen MR) is 91.7 cm³/mol. The van der Waals surface area contributed by atoms with E-state index < -0.39 is 5.63 Å². The van der Waals surface area contributed by atoms with E-state index in [1.54, 1.807) is 28.9 Å². The number of amides is 2. The van der Waals surface area contributed by atoms with E-state index in [9.17, 15) is 14.4 Å². The number of hydrogen-bond acceptors (Lipinski definition) is 5. The van der Waals surface area contributed by atoms with E-state index in [0.717, 1.165) is 5.56 Å². The molecule has 1 aliphatic rings. The Kier molecular flexibility index (Phi) is 4.74. The molecule has 7 nitrogen and oxygen atoms in total. The third-order valence-electron chi connectivity index (χ3n) is 4.28. The zero-order valence-electron chi connectivity index (χ0n) is 14.3. The van der Waals surface area contributed by atoms with Crippen LogP contribution in [0.4, 0.5) is 4.79 Å². The number of carbonyl (C=O) groups excluding carboxylic acids is 2. The molecule has 1 aromatic carbocycles. The van der Waals surface area contributed by atoms with Gasteiger partial charge in [0.1, 0.15) is 11.1 Å². The van der Waals surface area contributed by atoms with Crippen LogP contribution in [0.1, 0.15) is 22.8 Å². The first kappa shape index (κ1) is 17.0. The van der Waals surface area contributed by atoms with Gasteiger partial charge in [-0.05, 0) is 25.5 Å². The molecular weight excluding hydrogens is 324 g/mol. The molecule has 1 fully saturated rings. The van der Waals surface area contributed by atoms with Gasteiger partial charge in [0, 0.05) is 31.6 Å². The van der Waals surface area contributed by atoms with Crippen molar-refractivity contribution in [2.24, 2.45) is 0 Å². The van der Waals surface area contributed by atoms with Crippen molar-refractivity contribution in [3.63, 3.8) is 0 Å². The molecule has 2 amide bonds. The van der Waals surface area contributed by atoms with Crippen molar-refractivity contribution < 1.29 is 18.7 Å². The number of aryl methyl sites for hydroxylation is 1. The minimum absolute atomic E-state index is 0.0164. The van der Waals surface area contributed by atoms with Crippen molar-refractivity contribution in [3.05, 3.63) is 45.8 Å². The first-order valence-electron chi connectivity index (χ1n) is 8.25. The Labute approximate surface area is 144 Å². The Hall–Kier alpha value is -2.83. The zero-order valence-corrected chi connectivity index (χ0v) is 14.3. The third kappa shape index (κ3) is 3.35. The van der Waals surface area contributed by atoms with Gasteiger partial charge in [0.25, 0.3) is 5.91 Å². The molecule has 0 bridgehead atoms. The highest BCUT2D eigenvalue weighted by Crippen LogP contribution is 2.18. The summed E-state index contributed by atoms with van der Waals surface area (Å²) in [6, 6.07) is 7.08. The van der Waals surface area contributed by atoms with Crippen molar-refractivity contribution in [3.8, 4) is 0 Å². The lowest BCUT2D eigenvalue weighted by Gasteiger charge is -2.33. The summed E-state index contributed by atoms with van der Waals surface area (Å²) in [5.74, 6) is -0.374. The minimum Gasteiger partial charge on any atom is -0.450 e. The Morgan fingerprint density at radius 1 is 1.16 bits per heavy atom. The SMILES string of the molecule is CCOC(=O)N1CCN(C(=O)c2cc3cccc(C)c3oc2=O)CC1. The molecule has 0 saturated carbocycles. The molecule has 1 aliphatic heterocycles. The van der Waals surface area contributed by atoms with Crippen LogP contribution in [-0.2, 0) is 4.74 Å². The second-order valence-electron chi connectivity index (χ2n) is 5.92. The van der Waals surface area contributed by atoms with Crippen molar-refractivity contribution in [1.82, 2.24) is 9.80 Å². The Morgan fingerprint density at radius 2 is 1.84 bits per heavy atom. The van der Waals surface area contributed by atoms with Gasteiger partial charge in [-0.15, -0.1) is 0 Å². The number of fused-ring (bicyclic) bond motifs is 1. The summed E-state index contributed by atoms with van der Waals surface area (Å²) in [7, 11) is 0. The number of piperazine rings is 1. The topological polar surface area (TPSA) is 80.1 Å². The summed E-state index contributed by atoms with van der Waals surface area (Å²) < 4.78 is 10.3. The number of carbonyl (C=O) groups is 2. The Balaban J connectivity index is 1.78. The molecule has 0 spiro atoms. The molecule has 1 saturated heterocycles. The van der Waals surface area contributed by atoms with E-state index >= 15 is 0 Å². The molecule has 2 heterocycles. The number of ether oxygens (including phenoxy) is 1. The molecule has 0 N–H and O–H groups in total. The van der Waals surface area contributed by atoms with Crippen LogP contribution in [-0.4, -0.2) is 54.6 Å². The highest BCUT2D eigenvalue weighted by Gasteiger charge is 2.27. The smallest absolute Gasteiger partial charge is 0.409 e. The number of para-hydroxylation sites is 1. The summed E-state index contributed by atoms with van der Waals surface area (Å²) in [6.07, 6.45) is -0.379. The van der Waals surface area contributed by atoms with E-state index in [4.69, 9.17) is 9.15 Å². The zero-order chi connectivity index (χ0) is 18.0. The molecule has 0 unspecified atom stereocenters. The maximum atomic E-state index is 12.7. The summed E-state index contributed by atoms with van der Waals surface area (Å²) in [4.78, 5) is 39.7. The Morgan fingerprint density at radius 3 is 2.52 bits per heavy atom. The molecular formula is C18H20N2O5. The predicted octanol–water partition coefficient (Wildman–Crippen LogP) is 2.02. The van der Waals surface area contributed by atoms with Gasteiger partial charge in [-0.3, -0.25) is 4.79 Å². The highest BCUT2D eigenvalue weighted by molar-refractivity contribution is 5.97. The molecule has 25 heavy (non-hydrogen) atoms. The number of benzene rings is 1. The highest BCUT2D eigenvalue weighted by atomic mass is 16.6. The average molecular weight is 344 g/mol. The molecule has 7 heteroatoms.